The highest BCUT2D eigenvalue weighted by Gasteiger charge is 2.20. The number of halogens is 1. The molecule has 1 aromatic rings. The molecule has 5 nitrogen and oxygen atoms in total. The normalized spacial score (nSPS) is 19.2. The lowest BCUT2D eigenvalue weighted by Crippen LogP contribution is -2.50. The van der Waals surface area contributed by atoms with E-state index in [0.29, 0.717) is 5.92 Å². The number of hydrogen-bond donors (Lipinski definition) is 2. The van der Waals surface area contributed by atoms with Crippen molar-refractivity contribution in [3.8, 4) is 0 Å². The molecule has 6 heteroatoms. The number of morpholine rings is 1. The van der Waals surface area contributed by atoms with Crippen LogP contribution in [0.1, 0.15) is 19.4 Å². The Hall–Kier alpha value is -1.66. The van der Waals surface area contributed by atoms with Gasteiger partial charge in [-0.1, -0.05) is 26.0 Å². The van der Waals surface area contributed by atoms with E-state index in [0.717, 1.165) is 57.3 Å². The van der Waals surface area contributed by atoms with Crippen molar-refractivity contribution in [3.05, 3.63) is 35.6 Å². The molecule has 1 saturated heterocycles. The highest BCUT2D eigenvalue weighted by molar-refractivity contribution is 5.79. The van der Waals surface area contributed by atoms with Crippen molar-refractivity contribution in [3.63, 3.8) is 0 Å². The lowest BCUT2D eigenvalue weighted by Gasteiger charge is -2.34. The molecule has 0 amide bonds. The number of guanidine groups is 1. The van der Waals surface area contributed by atoms with Gasteiger partial charge in [-0.15, -0.1) is 0 Å². The molecule has 1 aliphatic heterocycles. The first kappa shape index (κ1) is 19.7. The monoisotopic (exact) mass is 350 g/mol. The third-order valence-corrected chi connectivity index (χ3v) is 4.19. The molecular weight excluding hydrogens is 319 g/mol. The second-order valence-electron chi connectivity index (χ2n) is 6.90. The van der Waals surface area contributed by atoms with Gasteiger partial charge < -0.3 is 15.4 Å². The molecule has 0 radical (unpaired) electrons. The van der Waals surface area contributed by atoms with Crippen LogP contribution in [-0.4, -0.2) is 63.3 Å². The van der Waals surface area contributed by atoms with E-state index in [1.54, 1.807) is 7.05 Å². The van der Waals surface area contributed by atoms with E-state index in [-0.39, 0.29) is 11.9 Å². The van der Waals surface area contributed by atoms with Gasteiger partial charge in [-0.3, -0.25) is 9.89 Å². The summed E-state index contributed by atoms with van der Waals surface area (Å²) in [6.45, 7) is 9.85. The summed E-state index contributed by atoms with van der Waals surface area (Å²) < 4.78 is 18.8. The first-order valence-electron chi connectivity index (χ1n) is 9.09. The second kappa shape index (κ2) is 10.4. The molecule has 1 unspecified atom stereocenters. The molecule has 1 fully saturated rings. The van der Waals surface area contributed by atoms with Gasteiger partial charge in [0.1, 0.15) is 5.82 Å². The third-order valence-electron chi connectivity index (χ3n) is 4.19. The van der Waals surface area contributed by atoms with Crippen LogP contribution in [0.5, 0.6) is 0 Å². The van der Waals surface area contributed by atoms with Crippen molar-refractivity contribution in [2.24, 2.45) is 10.9 Å². The van der Waals surface area contributed by atoms with Gasteiger partial charge in [0.05, 0.1) is 12.7 Å². The Bertz CT molecular complexity index is 533. The van der Waals surface area contributed by atoms with Crippen molar-refractivity contribution in [2.45, 2.75) is 26.4 Å². The fraction of sp³-hybridized carbons (Fsp3) is 0.632. The maximum Gasteiger partial charge on any atom is 0.191 e. The van der Waals surface area contributed by atoms with E-state index in [4.69, 9.17) is 4.74 Å². The van der Waals surface area contributed by atoms with Crippen molar-refractivity contribution >= 4 is 5.96 Å². The average molecular weight is 350 g/mol. The molecule has 25 heavy (non-hydrogen) atoms. The Balaban J connectivity index is 1.68. The van der Waals surface area contributed by atoms with Crippen molar-refractivity contribution in [1.29, 1.82) is 0 Å². The zero-order valence-corrected chi connectivity index (χ0v) is 15.6. The SMILES string of the molecule is CN=C(NCCc1ccc(F)cc1)NCC1CN(CC(C)C)CCO1. The van der Waals surface area contributed by atoms with Crippen LogP contribution in [0.15, 0.2) is 29.3 Å². The van der Waals surface area contributed by atoms with Gasteiger partial charge >= 0.3 is 0 Å². The van der Waals surface area contributed by atoms with Crippen LogP contribution in [0.4, 0.5) is 4.39 Å². The molecule has 1 aromatic carbocycles. The van der Waals surface area contributed by atoms with Gasteiger partial charge in [-0.05, 0) is 30.0 Å². The van der Waals surface area contributed by atoms with Crippen molar-refractivity contribution in [1.82, 2.24) is 15.5 Å². The van der Waals surface area contributed by atoms with Crippen LogP contribution < -0.4 is 10.6 Å². The highest BCUT2D eigenvalue weighted by atomic mass is 19.1. The van der Waals surface area contributed by atoms with Crippen LogP contribution in [0.2, 0.25) is 0 Å². The van der Waals surface area contributed by atoms with Gasteiger partial charge in [-0.25, -0.2) is 4.39 Å². The summed E-state index contributed by atoms with van der Waals surface area (Å²) in [4.78, 5) is 6.71. The van der Waals surface area contributed by atoms with Crippen LogP contribution in [0.25, 0.3) is 0 Å². The van der Waals surface area contributed by atoms with Gasteiger partial charge in [0.25, 0.3) is 0 Å². The lowest BCUT2D eigenvalue weighted by molar-refractivity contribution is -0.0284. The average Bonchev–Trinajstić information content (AvgIpc) is 2.59. The molecule has 0 saturated carbocycles. The number of rotatable bonds is 7. The van der Waals surface area contributed by atoms with Gasteiger partial charge in [-0.2, -0.15) is 0 Å². The molecule has 0 bridgehead atoms. The van der Waals surface area contributed by atoms with Crippen molar-refractivity contribution < 1.29 is 9.13 Å². The first-order chi connectivity index (χ1) is 12.1. The van der Waals surface area contributed by atoms with Crippen LogP contribution >= 0.6 is 0 Å². The Morgan fingerprint density at radius 3 is 2.76 bits per heavy atom. The topological polar surface area (TPSA) is 48.9 Å². The van der Waals surface area contributed by atoms with Crippen molar-refractivity contribution in [2.75, 3.05) is 46.4 Å². The number of benzene rings is 1. The summed E-state index contributed by atoms with van der Waals surface area (Å²) >= 11 is 0. The number of hydrogen-bond acceptors (Lipinski definition) is 3. The molecule has 2 N–H and O–H groups in total. The van der Waals surface area contributed by atoms with Gasteiger partial charge in [0.2, 0.25) is 0 Å². The van der Waals surface area contributed by atoms with Crippen LogP contribution in [-0.2, 0) is 11.2 Å². The van der Waals surface area contributed by atoms with E-state index in [1.165, 1.54) is 12.1 Å². The molecule has 1 heterocycles. The van der Waals surface area contributed by atoms with E-state index in [9.17, 15) is 4.39 Å². The molecular formula is C19H31FN4O. The summed E-state index contributed by atoms with van der Waals surface area (Å²) in [6.07, 6.45) is 1.01. The number of nitrogens with one attached hydrogen (secondary N) is 2. The summed E-state index contributed by atoms with van der Waals surface area (Å²) in [5.74, 6) is 1.24. The van der Waals surface area contributed by atoms with Crippen LogP contribution in [0, 0.1) is 11.7 Å². The summed E-state index contributed by atoms with van der Waals surface area (Å²) in [6, 6.07) is 6.61. The minimum absolute atomic E-state index is 0.183. The van der Waals surface area contributed by atoms with E-state index >= 15 is 0 Å². The maximum atomic E-state index is 12.9. The lowest BCUT2D eigenvalue weighted by atomic mass is 10.1. The van der Waals surface area contributed by atoms with Crippen LogP contribution in [0.3, 0.4) is 0 Å². The van der Waals surface area contributed by atoms with E-state index in [1.807, 2.05) is 12.1 Å². The molecule has 0 aromatic heterocycles. The Morgan fingerprint density at radius 2 is 2.08 bits per heavy atom. The summed E-state index contributed by atoms with van der Waals surface area (Å²) in [5, 5.41) is 6.63. The minimum atomic E-state index is -0.201. The molecule has 0 aliphatic carbocycles. The predicted molar refractivity (Wildman–Crippen MR) is 100 cm³/mol. The van der Waals surface area contributed by atoms with Gasteiger partial charge in [0, 0.05) is 39.8 Å². The molecule has 0 spiro atoms. The predicted octanol–water partition coefficient (Wildman–Crippen LogP) is 1.89. The molecule has 1 aliphatic rings. The second-order valence-corrected chi connectivity index (χ2v) is 6.90. The Kier molecular flexibility index (Phi) is 8.15. The largest absolute Gasteiger partial charge is 0.374 e. The number of ether oxygens (including phenoxy) is 1. The first-order valence-corrected chi connectivity index (χ1v) is 9.09. The Labute approximate surface area is 150 Å². The fourth-order valence-corrected chi connectivity index (χ4v) is 2.99. The van der Waals surface area contributed by atoms with Gasteiger partial charge in [0.15, 0.2) is 5.96 Å². The zero-order valence-electron chi connectivity index (χ0n) is 15.6. The highest BCUT2D eigenvalue weighted by Crippen LogP contribution is 2.07. The maximum absolute atomic E-state index is 12.9. The quantitative estimate of drug-likeness (QED) is 0.582. The zero-order chi connectivity index (χ0) is 18.1. The van der Waals surface area contributed by atoms with E-state index in [2.05, 4.69) is 34.4 Å². The molecule has 2 rings (SSSR count). The smallest absolute Gasteiger partial charge is 0.191 e. The standard InChI is InChI=1S/C19H31FN4O/c1-15(2)13-24-10-11-25-18(14-24)12-23-19(21-3)22-9-8-16-4-6-17(20)7-5-16/h4-7,15,18H,8-14H2,1-3H3,(H2,21,22,23). The number of aliphatic imine (C=N–C) groups is 1. The third kappa shape index (κ3) is 7.40. The molecule has 140 valence electrons. The Morgan fingerprint density at radius 1 is 1.32 bits per heavy atom. The summed E-state index contributed by atoms with van der Waals surface area (Å²) in [5.41, 5.74) is 1.10. The summed E-state index contributed by atoms with van der Waals surface area (Å²) in [7, 11) is 1.76. The van der Waals surface area contributed by atoms with E-state index < -0.39 is 0 Å². The number of nitrogens with zero attached hydrogens (tertiary/aromatic N) is 2. The minimum Gasteiger partial charge on any atom is -0.374 e. The molecule has 1 atom stereocenters. The fourth-order valence-electron chi connectivity index (χ4n) is 2.99.